The van der Waals surface area contributed by atoms with Crippen LogP contribution in [0.5, 0.6) is 5.75 Å². The van der Waals surface area contributed by atoms with Crippen LogP contribution < -0.4 is 4.74 Å². The van der Waals surface area contributed by atoms with Crippen LogP contribution in [0.2, 0.25) is 0 Å². The molecule has 2 aromatic carbocycles. The standard InChI is InChI=1S/C21H25FN2O4S/c1-16(2)15-28-18-7-5-6-17(14-18)21(25)23-10-12-24(13-11-23)29(26,27)20-9-4-3-8-19(20)22/h3-9,14,16H,10-13,15H2,1-2H3. The highest BCUT2D eigenvalue weighted by Crippen LogP contribution is 2.22. The van der Waals surface area contributed by atoms with E-state index >= 15 is 0 Å². The first kappa shape index (κ1) is 21.3. The number of hydrogen-bond acceptors (Lipinski definition) is 4. The molecule has 8 heteroatoms. The van der Waals surface area contributed by atoms with E-state index in [1.807, 2.05) is 13.8 Å². The van der Waals surface area contributed by atoms with Crippen molar-refractivity contribution in [3.8, 4) is 5.75 Å². The summed E-state index contributed by atoms with van der Waals surface area (Å²) in [7, 11) is -3.93. The fraction of sp³-hybridized carbons (Fsp3) is 0.381. The summed E-state index contributed by atoms with van der Waals surface area (Å²) in [4.78, 5) is 14.1. The Labute approximate surface area is 170 Å². The molecule has 0 radical (unpaired) electrons. The monoisotopic (exact) mass is 420 g/mol. The molecular weight excluding hydrogens is 395 g/mol. The molecule has 0 unspecified atom stereocenters. The molecule has 156 valence electrons. The first-order chi connectivity index (χ1) is 13.8. The van der Waals surface area contributed by atoms with Gasteiger partial charge in [0.1, 0.15) is 16.5 Å². The van der Waals surface area contributed by atoms with Gasteiger partial charge in [0.15, 0.2) is 0 Å². The molecule has 0 atom stereocenters. The fourth-order valence-corrected chi connectivity index (χ4v) is 4.58. The van der Waals surface area contributed by atoms with E-state index in [1.54, 1.807) is 29.2 Å². The molecule has 3 rings (SSSR count). The van der Waals surface area contributed by atoms with E-state index in [-0.39, 0.29) is 37.0 Å². The summed E-state index contributed by atoms with van der Waals surface area (Å²) < 4.78 is 46.2. The minimum absolute atomic E-state index is 0.117. The number of sulfonamides is 1. The number of benzene rings is 2. The summed E-state index contributed by atoms with van der Waals surface area (Å²) in [6.07, 6.45) is 0. The summed E-state index contributed by atoms with van der Waals surface area (Å²) in [5, 5.41) is 0. The Morgan fingerprint density at radius 2 is 1.76 bits per heavy atom. The van der Waals surface area contributed by atoms with Gasteiger partial charge >= 0.3 is 0 Å². The van der Waals surface area contributed by atoms with Gasteiger partial charge in [0.2, 0.25) is 10.0 Å². The van der Waals surface area contributed by atoms with Crippen LogP contribution in [0.1, 0.15) is 24.2 Å². The van der Waals surface area contributed by atoms with Gasteiger partial charge in [-0.3, -0.25) is 4.79 Å². The van der Waals surface area contributed by atoms with Crippen LogP contribution in [0.15, 0.2) is 53.4 Å². The second-order valence-electron chi connectivity index (χ2n) is 7.36. The van der Waals surface area contributed by atoms with Crippen LogP contribution in [0.4, 0.5) is 4.39 Å². The average molecular weight is 421 g/mol. The van der Waals surface area contributed by atoms with E-state index in [0.29, 0.717) is 23.8 Å². The van der Waals surface area contributed by atoms with Gasteiger partial charge in [0.05, 0.1) is 6.61 Å². The molecule has 1 fully saturated rings. The number of rotatable bonds is 6. The Hall–Kier alpha value is -2.45. The van der Waals surface area contributed by atoms with E-state index in [0.717, 1.165) is 6.07 Å². The van der Waals surface area contributed by atoms with Crippen molar-refractivity contribution < 1.29 is 22.3 Å². The second kappa shape index (κ2) is 8.92. The molecule has 0 saturated carbocycles. The fourth-order valence-electron chi connectivity index (χ4n) is 3.09. The highest BCUT2D eigenvalue weighted by molar-refractivity contribution is 7.89. The Balaban J connectivity index is 1.66. The summed E-state index contributed by atoms with van der Waals surface area (Å²) in [6, 6.07) is 12.3. The Kier molecular flexibility index (Phi) is 6.54. The molecule has 0 spiro atoms. The minimum Gasteiger partial charge on any atom is -0.493 e. The lowest BCUT2D eigenvalue weighted by Crippen LogP contribution is -2.50. The van der Waals surface area contributed by atoms with Crippen LogP contribution in [0, 0.1) is 11.7 Å². The van der Waals surface area contributed by atoms with E-state index in [2.05, 4.69) is 0 Å². The number of carbonyl (C=O) groups excluding carboxylic acids is 1. The van der Waals surface area contributed by atoms with Gasteiger partial charge in [-0.1, -0.05) is 32.0 Å². The molecular formula is C21H25FN2O4S. The van der Waals surface area contributed by atoms with Crippen molar-refractivity contribution in [2.45, 2.75) is 18.7 Å². The molecule has 6 nitrogen and oxygen atoms in total. The number of piperazine rings is 1. The third-order valence-electron chi connectivity index (χ3n) is 4.64. The lowest BCUT2D eigenvalue weighted by atomic mass is 10.1. The third kappa shape index (κ3) is 4.94. The van der Waals surface area contributed by atoms with Crippen LogP contribution in [-0.4, -0.2) is 56.3 Å². The van der Waals surface area contributed by atoms with Gasteiger partial charge in [0, 0.05) is 31.7 Å². The van der Waals surface area contributed by atoms with Crippen LogP contribution in [0.3, 0.4) is 0 Å². The zero-order valence-corrected chi connectivity index (χ0v) is 17.4. The molecule has 1 heterocycles. The lowest BCUT2D eigenvalue weighted by molar-refractivity contribution is 0.0697. The van der Waals surface area contributed by atoms with Crippen molar-refractivity contribution in [1.82, 2.24) is 9.21 Å². The van der Waals surface area contributed by atoms with Crippen molar-refractivity contribution in [3.05, 3.63) is 59.9 Å². The smallest absolute Gasteiger partial charge is 0.254 e. The van der Waals surface area contributed by atoms with Gasteiger partial charge in [-0.05, 0) is 36.2 Å². The number of carbonyl (C=O) groups is 1. The SMILES string of the molecule is CC(C)COc1cccc(C(=O)N2CCN(S(=O)(=O)c3ccccc3F)CC2)c1. The molecule has 0 N–H and O–H groups in total. The molecule has 1 aliphatic heterocycles. The lowest BCUT2D eigenvalue weighted by Gasteiger charge is -2.34. The summed E-state index contributed by atoms with van der Waals surface area (Å²) in [5.74, 6) is 0.0521. The highest BCUT2D eigenvalue weighted by Gasteiger charge is 2.32. The molecule has 0 bridgehead atoms. The largest absolute Gasteiger partial charge is 0.493 e. The topological polar surface area (TPSA) is 66.9 Å². The summed E-state index contributed by atoms with van der Waals surface area (Å²) in [5.41, 5.74) is 0.497. The third-order valence-corrected chi connectivity index (χ3v) is 6.58. The van der Waals surface area contributed by atoms with Crippen LogP contribution in [-0.2, 0) is 10.0 Å². The summed E-state index contributed by atoms with van der Waals surface area (Å²) >= 11 is 0. The maximum absolute atomic E-state index is 13.9. The second-order valence-corrected chi connectivity index (χ2v) is 9.27. The predicted molar refractivity (Wildman–Crippen MR) is 108 cm³/mol. The van der Waals surface area contributed by atoms with Crippen LogP contribution >= 0.6 is 0 Å². The van der Waals surface area contributed by atoms with Gasteiger partial charge in [0.25, 0.3) is 5.91 Å². The van der Waals surface area contributed by atoms with Gasteiger partial charge in [-0.15, -0.1) is 0 Å². The number of halogens is 1. The molecule has 1 aliphatic rings. The zero-order chi connectivity index (χ0) is 21.0. The van der Waals surface area contributed by atoms with Gasteiger partial charge < -0.3 is 9.64 Å². The first-order valence-electron chi connectivity index (χ1n) is 9.56. The Bertz CT molecular complexity index is 970. The molecule has 2 aromatic rings. The minimum atomic E-state index is -3.93. The molecule has 1 saturated heterocycles. The predicted octanol–water partition coefficient (Wildman–Crippen LogP) is 3.01. The van der Waals surface area contributed by atoms with Crippen molar-refractivity contribution >= 4 is 15.9 Å². The number of nitrogens with zero attached hydrogens (tertiary/aromatic N) is 2. The average Bonchev–Trinajstić information content (AvgIpc) is 2.72. The van der Waals surface area contributed by atoms with Crippen molar-refractivity contribution in [1.29, 1.82) is 0 Å². The number of hydrogen-bond donors (Lipinski definition) is 0. The maximum Gasteiger partial charge on any atom is 0.254 e. The Morgan fingerprint density at radius 1 is 1.07 bits per heavy atom. The molecule has 0 aromatic heterocycles. The first-order valence-corrected chi connectivity index (χ1v) is 11.0. The highest BCUT2D eigenvalue weighted by atomic mass is 32.2. The van der Waals surface area contributed by atoms with Crippen LogP contribution in [0.25, 0.3) is 0 Å². The zero-order valence-electron chi connectivity index (χ0n) is 16.5. The van der Waals surface area contributed by atoms with E-state index in [1.165, 1.54) is 22.5 Å². The number of amides is 1. The normalized spacial score (nSPS) is 15.5. The van der Waals surface area contributed by atoms with Crippen molar-refractivity contribution in [3.63, 3.8) is 0 Å². The van der Waals surface area contributed by atoms with Crippen molar-refractivity contribution in [2.24, 2.45) is 5.92 Å². The van der Waals surface area contributed by atoms with E-state index in [4.69, 9.17) is 4.74 Å². The van der Waals surface area contributed by atoms with Gasteiger partial charge in [-0.25, -0.2) is 12.8 Å². The maximum atomic E-state index is 13.9. The van der Waals surface area contributed by atoms with E-state index < -0.39 is 15.8 Å². The van der Waals surface area contributed by atoms with Gasteiger partial charge in [-0.2, -0.15) is 4.31 Å². The molecule has 1 amide bonds. The van der Waals surface area contributed by atoms with E-state index in [9.17, 15) is 17.6 Å². The Morgan fingerprint density at radius 3 is 2.41 bits per heavy atom. The van der Waals surface area contributed by atoms with Crippen molar-refractivity contribution in [2.75, 3.05) is 32.8 Å². The number of ether oxygens (including phenoxy) is 1. The quantitative estimate of drug-likeness (QED) is 0.721. The summed E-state index contributed by atoms with van der Waals surface area (Å²) in [6.45, 7) is 5.36. The molecule has 29 heavy (non-hydrogen) atoms. The molecule has 0 aliphatic carbocycles.